The van der Waals surface area contributed by atoms with Gasteiger partial charge in [0.15, 0.2) is 5.82 Å². The molecule has 0 bridgehead atoms. The predicted octanol–water partition coefficient (Wildman–Crippen LogP) is 3.39. The van der Waals surface area contributed by atoms with Crippen molar-refractivity contribution in [2.24, 2.45) is 0 Å². The van der Waals surface area contributed by atoms with Gasteiger partial charge in [-0.25, -0.2) is 0 Å². The highest BCUT2D eigenvalue weighted by atomic mass is 16.5. The quantitative estimate of drug-likeness (QED) is 0.625. The summed E-state index contributed by atoms with van der Waals surface area (Å²) in [6.45, 7) is 7.55. The summed E-state index contributed by atoms with van der Waals surface area (Å²) in [5.74, 6) is 1.97. The van der Waals surface area contributed by atoms with Crippen LogP contribution in [0.5, 0.6) is 11.6 Å². The third-order valence-corrected chi connectivity index (χ3v) is 5.21. The van der Waals surface area contributed by atoms with Gasteiger partial charge in [-0.2, -0.15) is 0 Å². The maximum absolute atomic E-state index is 13.5. The smallest absolute Gasteiger partial charge is 0.258 e. The van der Waals surface area contributed by atoms with Crippen molar-refractivity contribution in [2.45, 2.75) is 13.8 Å². The minimum absolute atomic E-state index is 0.00711. The molecule has 0 saturated carbocycles. The second kappa shape index (κ2) is 8.98. The van der Waals surface area contributed by atoms with Gasteiger partial charge in [-0.05, 0) is 36.8 Å². The summed E-state index contributed by atoms with van der Waals surface area (Å²) in [6, 6.07) is 15.6. The van der Waals surface area contributed by atoms with Crippen LogP contribution in [0.25, 0.3) is 10.8 Å². The average Bonchev–Trinajstić information content (AvgIpc) is 2.79. The highest BCUT2D eigenvalue weighted by Gasteiger charge is 2.26. The van der Waals surface area contributed by atoms with Gasteiger partial charge in [-0.1, -0.05) is 30.3 Å². The zero-order valence-corrected chi connectivity index (χ0v) is 17.4. The molecule has 0 radical (unpaired) electrons. The van der Waals surface area contributed by atoms with Crippen molar-refractivity contribution in [3.05, 3.63) is 54.1 Å². The Kier molecular flexibility index (Phi) is 5.97. The van der Waals surface area contributed by atoms with Crippen molar-refractivity contribution in [3.63, 3.8) is 0 Å². The molecule has 30 heavy (non-hydrogen) atoms. The summed E-state index contributed by atoms with van der Waals surface area (Å²) < 4.78 is 11.1. The molecule has 0 unspecified atom stereocenters. The summed E-state index contributed by atoms with van der Waals surface area (Å²) in [7, 11) is 0. The van der Waals surface area contributed by atoms with Crippen molar-refractivity contribution in [1.29, 1.82) is 0 Å². The number of rotatable bonds is 6. The molecule has 0 atom stereocenters. The van der Waals surface area contributed by atoms with Crippen LogP contribution in [0.4, 0.5) is 5.82 Å². The maximum atomic E-state index is 13.5. The van der Waals surface area contributed by atoms with Crippen molar-refractivity contribution in [1.82, 2.24) is 15.1 Å². The molecular weight excluding hydrogens is 380 g/mol. The molecule has 1 fully saturated rings. The number of amides is 1. The maximum Gasteiger partial charge on any atom is 0.258 e. The molecule has 1 saturated heterocycles. The number of benzene rings is 2. The Bertz CT molecular complexity index is 1010. The van der Waals surface area contributed by atoms with Gasteiger partial charge in [-0.3, -0.25) is 4.79 Å². The van der Waals surface area contributed by atoms with Gasteiger partial charge in [0, 0.05) is 32.2 Å². The van der Waals surface area contributed by atoms with Crippen LogP contribution in [0.2, 0.25) is 0 Å². The molecule has 7 heteroatoms. The van der Waals surface area contributed by atoms with E-state index in [1.807, 2.05) is 67.3 Å². The number of hydrogen-bond acceptors (Lipinski definition) is 6. The first-order valence-corrected chi connectivity index (χ1v) is 10.4. The van der Waals surface area contributed by atoms with Crippen LogP contribution in [-0.2, 0) is 0 Å². The second-order valence-corrected chi connectivity index (χ2v) is 7.03. The van der Waals surface area contributed by atoms with Crippen LogP contribution in [0, 0.1) is 0 Å². The standard InChI is InChI=1S/C23H26N4O3/c1-3-29-19-10-9-17-7-5-6-8-18(17)22(19)23(28)27-15-13-26(14-16-27)20-11-12-21(25-24-20)30-4-2/h5-12H,3-4,13-16H2,1-2H3. The van der Waals surface area contributed by atoms with Gasteiger partial charge in [-0.15, -0.1) is 10.2 Å². The Morgan fingerprint density at radius 2 is 1.67 bits per heavy atom. The predicted molar refractivity (Wildman–Crippen MR) is 116 cm³/mol. The SMILES string of the molecule is CCOc1ccc(N2CCN(C(=O)c3c(OCC)ccc4ccccc34)CC2)nn1. The van der Waals surface area contributed by atoms with Gasteiger partial charge in [0.05, 0.1) is 18.8 Å². The molecule has 2 aromatic carbocycles. The molecule has 0 N–H and O–H groups in total. The summed E-state index contributed by atoms with van der Waals surface area (Å²) in [5, 5.41) is 10.3. The molecule has 1 amide bonds. The highest BCUT2D eigenvalue weighted by Crippen LogP contribution is 2.30. The number of hydrogen-bond donors (Lipinski definition) is 0. The lowest BCUT2D eigenvalue weighted by molar-refractivity contribution is 0.0744. The molecule has 0 aliphatic carbocycles. The van der Waals surface area contributed by atoms with Crippen molar-refractivity contribution in [3.8, 4) is 11.6 Å². The first kappa shape index (κ1) is 19.9. The van der Waals surface area contributed by atoms with Crippen LogP contribution in [0.15, 0.2) is 48.5 Å². The normalized spacial score (nSPS) is 14.1. The lowest BCUT2D eigenvalue weighted by atomic mass is 10.0. The van der Waals surface area contributed by atoms with Gasteiger partial charge < -0.3 is 19.3 Å². The van der Waals surface area contributed by atoms with Crippen molar-refractivity contribution in [2.75, 3.05) is 44.3 Å². The van der Waals surface area contributed by atoms with E-state index in [1.165, 1.54) is 0 Å². The van der Waals surface area contributed by atoms with Gasteiger partial charge in [0.25, 0.3) is 5.91 Å². The molecule has 156 valence electrons. The van der Waals surface area contributed by atoms with E-state index in [2.05, 4.69) is 15.1 Å². The molecule has 1 aliphatic heterocycles. The first-order chi connectivity index (χ1) is 14.7. The minimum Gasteiger partial charge on any atom is -0.493 e. The fraction of sp³-hybridized carbons (Fsp3) is 0.348. The summed E-state index contributed by atoms with van der Waals surface area (Å²) >= 11 is 0. The third-order valence-electron chi connectivity index (χ3n) is 5.21. The first-order valence-electron chi connectivity index (χ1n) is 10.4. The number of carbonyl (C=O) groups is 1. The monoisotopic (exact) mass is 406 g/mol. The van der Waals surface area contributed by atoms with E-state index in [0.717, 1.165) is 16.6 Å². The topological polar surface area (TPSA) is 67.8 Å². The second-order valence-electron chi connectivity index (χ2n) is 7.03. The van der Waals surface area contributed by atoms with Crippen LogP contribution in [0.3, 0.4) is 0 Å². The van der Waals surface area contributed by atoms with Gasteiger partial charge in [0.1, 0.15) is 5.75 Å². The van der Waals surface area contributed by atoms with E-state index in [-0.39, 0.29) is 5.91 Å². The number of ether oxygens (including phenoxy) is 2. The fourth-order valence-corrected chi connectivity index (χ4v) is 3.75. The molecular formula is C23H26N4O3. The zero-order chi connectivity index (χ0) is 20.9. The molecule has 2 heterocycles. The lowest BCUT2D eigenvalue weighted by Gasteiger charge is -2.35. The minimum atomic E-state index is 0.00711. The van der Waals surface area contributed by atoms with Crippen LogP contribution in [-0.4, -0.2) is 60.4 Å². The lowest BCUT2D eigenvalue weighted by Crippen LogP contribution is -2.49. The van der Waals surface area contributed by atoms with Crippen LogP contribution >= 0.6 is 0 Å². The van der Waals surface area contributed by atoms with Crippen LogP contribution in [0.1, 0.15) is 24.2 Å². The largest absolute Gasteiger partial charge is 0.493 e. The van der Waals surface area contributed by atoms with Crippen molar-refractivity contribution < 1.29 is 14.3 Å². The van der Waals surface area contributed by atoms with Crippen LogP contribution < -0.4 is 14.4 Å². The van der Waals surface area contributed by atoms with Gasteiger partial charge >= 0.3 is 0 Å². The summed E-state index contributed by atoms with van der Waals surface area (Å²) in [4.78, 5) is 17.5. The Morgan fingerprint density at radius 1 is 0.900 bits per heavy atom. The summed E-state index contributed by atoms with van der Waals surface area (Å²) in [6.07, 6.45) is 0. The highest BCUT2D eigenvalue weighted by molar-refractivity contribution is 6.09. The fourth-order valence-electron chi connectivity index (χ4n) is 3.75. The number of anilines is 1. The Hall–Kier alpha value is -3.35. The molecule has 7 nitrogen and oxygen atoms in total. The average molecular weight is 406 g/mol. The number of aromatic nitrogens is 2. The molecule has 0 spiro atoms. The van der Waals surface area contributed by atoms with E-state index in [1.54, 1.807) is 0 Å². The molecule has 4 rings (SSSR count). The number of piperazine rings is 1. The zero-order valence-electron chi connectivity index (χ0n) is 17.4. The van der Waals surface area contributed by atoms with E-state index < -0.39 is 0 Å². The molecule has 1 aliphatic rings. The van der Waals surface area contributed by atoms with E-state index in [0.29, 0.717) is 56.6 Å². The number of carbonyl (C=O) groups excluding carboxylic acids is 1. The number of nitrogens with zero attached hydrogens (tertiary/aromatic N) is 4. The number of fused-ring (bicyclic) bond motifs is 1. The van der Waals surface area contributed by atoms with E-state index in [4.69, 9.17) is 9.47 Å². The third kappa shape index (κ3) is 4.01. The van der Waals surface area contributed by atoms with Crippen molar-refractivity contribution >= 4 is 22.5 Å². The van der Waals surface area contributed by atoms with E-state index >= 15 is 0 Å². The molecule has 1 aromatic heterocycles. The Balaban J connectivity index is 1.51. The Labute approximate surface area is 176 Å². The van der Waals surface area contributed by atoms with E-state index in [9.17, 15) is 4.79 Å². The summed E-state index contributed by atoms with van der Waals surface area (Å²) in [5.41, 5.74) is 0.643. The molecule has 3 aromatic rings. The van der Waals surface area contributed by atoms with Gasteiger partial charge in [0.2, 0.25) is 5.88 Å². The Morgan fingerprint density at radius 3 is 2.37 bits per heavy atom.